The van der Waals surface area contributed by atoms with Crippen molar-refractivity contribution in [1.29, 1.82) is 0 Å². The molecule has 0 saturated heterocycles. The third-order valence-corrected chi connectivity index (χ3v) is 7.64. The molecular formula is C14H20. The highest BCUT2D eigenvalue weighted by Crippen LogP contribution is 2.92. The maximum Gasteiger partial charge on any atom is -0.0164 e. The molecule has 3 fully saturated rings. The number of rotatable bonds is 0. The third-order valence-electron chi connectivity index (χ3n) is 7.64. The molecule has 0 heterocycles. The van der Waals surface area contributed by atoms with Gasteiger partial charge in [-0.2, -0.15) is 0 Å². The first-order valence-corrected chi connectivity index (χ1v) is 6.08. The molecule has 0 nitrogen and oxygen atoms in total. The average Bonchev–Trinajstić information content (AvgIpc) is 2.42. The quantitative estimate of drug-likeness (QED) is 0.505. The van der Waals surface area contributed by atoms with Crippen LogP contribution in [0.4, 0.5) is 0 Å². The van der Waals surface area contributed by atoms with Gasteiger partial charge in [0.15, 0.2) is 0 Å². The summed E-state index contributed by atoms with van der Waals surface area (Å²) in [4.78, 5) is 0. The smallest absolute Gasteiger partial charge is 0.0164 e. The first-order chi connectivity index (χ1) is 6.38. The second kappa shape index (κ2) is 1.54. The third kappa shape index (κ3) is 0.379. The molecule has 0 N–H and O–H groups in total. The molecule has 0 aliphatic heterocycles. The van der Waals surface area contributed by atoms with Gasteiger partial charge in [-0.3, -0.25) is 0 Å². The summed E-state index contributed by atoms with van der Waals surface area (Å²) in [6.45, 7) is 10.3. The Hall–Kier alpha value is -0.260. The summed E-state index contributed by atoms with van der Waals surface area (Å²) in [7, 11) is 0. The first-order valence-electron chi connectivity index (χ1n) is 6.08. The van der Waals surface area contributed by atoms with E-state index in [1.165, 1.54) is 25.7 Å². The van der Waals surface area contributed by atoms with E-state index < -0.39 is 0 Å². The van der Waals surface area contributed by atoms with Crippen molar-refractivity contribution < 1.29 is 0 Å². The van der Waals surface area contributed by atoms with Crippen molar-refractivity contribution in [3.05, 3.63) is 11.1 Å². The summed E-state index contributed by atoms with van der Waals surface area (Å²) in [5.41, 5.74) is 6.30. The summed E-state index contributed by atoms with van der Waals surface area (Å²) >= 11 is 0. The molecule has 76 valence electrons. The van der Waals surface area contributed by atoms with E-state index >= 15 is 0 Å². The monoisotopic (exact) mass is 188 g/mol. The molecule has 0 radical (unpaired) electrons. The predicted molar refractivity (Wildman–Crippen MR) is 57.9 cm³/mol. The van der Waals surface area contributed by atoms with Crippen LogP contribution in [-0.4, -0.2) is 0 Å². The molecule has 6 bridgehead atoms. The van der Waals surface area contributed by atoms with Gasteiger partial charge in [0.25, 0.3) is 0 Å². The standard InChI is InChI=1S/C14H20/c1-11-5-9-6-12(11,2)14(4)8-10(9)7-13(11,14)3/h5-8H2,1-4H3. The van der Waals surface area contributed by atoms with Gasteiger partial charge in [0, 0.05) is 0 Å². The van der Waals surface area contributed by atoms with Gasteiger partial charge in [-0.25, -0.2) is 0 Å². The van der Waals surface area contributed by atoms with Crippen LogP contribution in [0.15, 0.2) is 11.1 Å². The van der Waals surface area contributed by atoms with E-state index in [-0.39, 0.29) is 0 Å². The molecule has 0 amide bonds. The van der Waals surface area contributed by atoms with Gasteiger partial charge in [0.1, 0.15) is 0 Å². The molecule has 0 aromatic carbocycles. The zero-order chi connectivity index (χ0) is 9.98. The minimum absolute atomic E-state index is 0.643. The van der Waals surface area contributed by atoms with Crippen LogP contribution in [0.25, 0.3) is 0 Å². The Bertz CT molecular complexity index is 314. The molecule has 0 aromatic rings. The minimum Gasteiger partial charge on any atom is -0.0698 e. The zero-order valence-electron chi connectivity index (χ0n) is 9.83. The van der Waals surface area contributed by atoms with Gasteiger partial charge in [0.2, 0.25) is 0 Å². The molecule has 0 aromatic heterocycles. The summed E-state index contributed by atoms with van der Waals surface area (Å²) < 4.78 is 0. The van der Waals surface area contributed by atoms with E-state index in [0.29, 0.717) is 21.7 Å². The van der Waals surface area contributed by atoms with Crippen molar-refractivity contribution in [1.82, 2.24) is 0 Å². The molecular weight excluding hydrogens is 168 g/mol. The van der Waals surface area contributed by atoms with Crippen LogP contribution < -0.4 is 0 Å². The fourth-order valence-corrected chi connectivity index (χ4v) is 6.27. The Kier molecular flexibility index (Phi) is 0.877. The van der Waals surface area contributed by atoms with Gasteiger partial charge in [-0.15, -0.1) is 0 Å². The molecule has 14 heavy (non-hydrogen) atoms. The second-order valence-electron chi connectivity index (χ2n) is 7.24. The van der Waals surface area contributed by atoms with E-state index in [0.717, 1.165) is 0 Å². The fourth-order valence-electron chi connectivity index (χ4n) is 6.27. The van der Waals surface area contributed by atoms with Crippen LogP contribution in [0.1, 0.15) is 53.4 Å². The molecule has 0 spiro atoms. The van der Waals surface area contributed by atoms with Crippen molar-refractivity contribution in [2.45, 2.75) is 53.4 Å². The Balaban J connectivity index is 2.12. The number of allylic oxidation sites excluding steroid dienone is 2. The van der Waals surface area contributed by atoms with Crippen LogP contribution in [0, 0.1) is 21.7 Å². The molecule has 0 atom stereocenters. The van der Waals surface area contributed by atoms with Crippen LogP contribution in [0.5, 0.6) is 0 Å². The lowest BCUT2D eigenvalue weighted by molar-refractivity contribution is -0.283. The maximum absolute atomic E-state index is 2.57. The highest BCUT2D eigenvalue weighted by molar-refractivity contribution is 5.49. The van der Waals surface area contributed by atoms with Crippen LogP contribution in [0.3, 0.4) is 0 Å². The van der Waals surface area contributed by atoms with Crippen LogP contribution in [0.2, 0.25) is 0 Å². The van der Waals surface area contributed by atoms with E-state index in [4.69, 9.17) is 0 Å². The fraction of sp³-hybridized carbons (Fsp3) is 0.857. The van der Waals surface area contributed by atoms with E-state index in [2.05, 4.69) is 27.7 Å². The minimum atomic E-state index is 0.643. The molecule has 0 heteroatoms. The summed E-state index contributed by atoms with van der Waals surface area (Å²) in [5, 5.41) is 0. The lowest BCUT2D eigenvalue weighted by Gasteiger charge is -2.75. The van der Waals surface area contributed by atoms with Crippen LogP contribution >= 0.6 is 0 Å². The Labute approximate surface area is 86.8 Å². The predicted octanol–water partition coefficient (Wildman–Crippen LogP) is 3.92. The second-order valence-corrected chi connectivity index (χ2v) is 7.24. The van der Waals surface area contributed by atoms with Gasteiger partial charge in [0.05, 0.1) is 0 Å². The maximum atomic E-state index is 2.57. The van der Waals surface area contributed by atoms with Crippen molar-refractivity contribution in [2.24, 2.45) is 21.7 Å². The normalized spacial score (nSPS) is 67.7. The number of hydrogen-bond donors (Lipinski definition) is 0. The lowest BCUT2D eigenvalue weighted by Crippen LogP contribution is -2.70. The van der Waals surface area contributed by atoms with Crippen molar-refractivity contribution in [3.8, 4) is 0 Å². The zero-order valence-corrected chi connectivity index (χ0v) is 9.83. The SMILES string of the molecule is CC12CC3=C4CC1(C)C(C)(C4)C2(C)C3. The van der Waals surface area contributed by atoms with Crippen molar-refractivity contribution in [3.63, 3.8) is 0 Å². The van der Waals surface area contributed by atoms with E-state index in [1.54, 1.807) is 0 Å². The molecule has 5 rings (SSSR count). The molecule has 5 aliphatic rings. The molecule has 0 unspecified atom stereocenters. The van der Waals surface area contributed by atoms with Crippen molar-refractivity contribution >= 4 is 0 Å². The Morgan fingerprint density at radius 3 is 1.00 bits per heavy atom. The molecule has 5 aliphatic carbocycles. The lowest BCUT2D eigenvalue weighted by atomic mass is 9.28. The highest BCUT2D eigenvalue weighted by Gasteiger charge is 2.85. The highest BCUT2D eigenvalue weighted by atomic mass is 14.9. The largest absolute Gasteiger partial charge is 0.0698 e. The Morgan fingerprint density at radius 2 is 0.786 bits per heavy atom. The first kappa shape index (κ1) is 7.96. The van der Waals surface area contributed by atoms with Gasteiger partial charge >= 0.3 is 0 Å². The topological polar surface area (TPSA) is 0 Å². The Morgan fingerprint density at radius 1 is 0.571 bits per heavy atom. The number of hydrogen-bond acceptors (Lipinski definition) is 0. The van der Waals surface area contributed by atoms with Gasteiger partial charge < -0.3 is 0 Å². The van der Waals surface area contributed by atoms with Crippen molar-refractivity contribution in [2.75, 3.05) is 0 Å². The summed E-state index contributed by atoms with van der Waals surface area (Å²) in [5.74, 6) is 0. The van der Waals surface area contributed by atoms with E-state index in [9.17, 15) is 0 Å². The van der Waals surface area contributed by atoms with Crippen LogP contribution in [-0.2, 0) is 0 Å². The van der Waals surface area contributed by atoms with Gasteiger partial charge in [-0.05, 0) is 47.3 Å². The van der Waals surface area contributed by atoms with E-state index in [1.807, 2.05) is 11.1 Å². The molecule has 3 saturated carbocycles. The summed E-state index contributed by atoms with van der Waals surface area (Å²) in [6, 6.07) is 0. The summed E-state index contributed by atoms with van der Waals surface area (Å²) in [6.07, 6.45) is 5.74. The van der Waals surface area contributed by atoms with Gasteiger partial charge in [-0.1, -0.05) is 38.8 Å². The average molecular weight is 188 g/mol.